The Hall–Kier alpha value is -2.78. The minimum Gasteiger partial charge on any atom is -0.369 e. The van der Waals surface area contributed by atoms with Crippen LogP contribution in [0.15, 0.2) is 29.3 Å². The van der Waals surface area contributed by atoms with Crippen molar-refractivity contribution >= 4 is 52.4 Å². The Kier molecular flexibility index (Phi) is 7.40. The smallest absolute Gasteiger partial charge is 0.229 e. The van der Waals surface area contributed by atoms with E-state index in [9.17, 15) is 4.79 Å². The highest BCUT2D eigenvalue weighted by atomic mass is 35.5. The molecule has 0 atom stereocenters. The second-order valence-electron chi connectivity index (χ2n) is 7.57. The summed E-state index contributed by atoms with van der Waals surface area (Å²) in [6.45, 7) is 6.95. The minimum absolute atomic E-state index is 0.133. The Morgan fingerprint density at radius 1 is 1.19 bits per heavy atom. The number of hydrogen-bond donors (Lipinski definition) is 3. The first-order chi connectivity index (χ1) is 14.7. The molecule has 4 N–H and O–H groups in total. The van der Waals surface area contributed by atoms with Crippen molar-refractivity contribution in [2.75, 3.05) is 23.7 Å². The van der Waals surface area contributed by atoms with Crippen LogP contribution in [-0.4, -0.2) is 44.9 Å². The van der Waals surface area contributed by atoms with E-state index in [1.54, 1.807) is 0 Å². The van der Waals surface area contributed by atoms with Gasteiger partial charge in [-0.05, 0) is 63.5 Å². The van der Waals surface area contributed by atoms with Crippen molar-refractivity contribution in [3.8, 4) is 0 Å². The van der Waals surface area contributed by atoms with E-state index >= 15 is 0 Å². The SMILES string of the molecule is Cc1cc(C)nc(N/C(=N/C(=S)Nc2cccc(C)c2Cl)N2CCC(C(N)=O)CC2)n1. The van der Waals surface area contributed by atoms with Crippen molar-refractivity contribution in [1.82, 2.24) is 14.9 Å². The molecule has 0 unspecified atom stereocenters. The van der Waals surface area contributed by atoms with Crippen LogP contribution in [-0.2, 0) is 4.79 Å². The molecule has 2 heterocycles. The maximum absolute atomic E-state index is 11.5. The van der Waals surface area contributed by atoms with Gasteiger partial charge in [-0.1, -0.05) is 23.7 Å². The summed E-state index contributed by atoms with van der Waals surface area (Å²) in [6.07, 6.45) is 1.29. The van der Waals surface area contributed by atoms with E-state index in [0.29, 0.717) is 48.5 Å². The van der Waals surface area contributed by atoms with Crippen LogP contribution in [0.4, 0.5) is 11.6 Å². The molecule has 31 heavy (non-hydrogen) atoms. The van der Waals surface area contributed by atoms with Gasteiger partial charge in [-0.25, -0.2) is 9.97 Å². The lowest BCUT2D eigenvalue weighted by Gasteiger charge is -2.32. The number of guanidine groups is 1. The fraction of sp³-hybridized carbons (Fsp3) is 0.381. The number of hydrogen-bond acceptors (Lipinski definition) is 4. The van der Waals surface area contributed by atoms with Gasteiger partial charge in [-0.3, -0.25) is 10.1 Å². The van der Waals surface area contributed by atoms with Gasteiger partial charge in [0.25, 0.3) is 0 Å². The van der Waals surface area contributed by atoms with Crippen LogP contribution in [0.25, 0.3) is 0 Å². The number of amides is 1. The molecular formula is C21H26ClN7OS. The third kappa shape index (κ3) is 6.11. The molecule has 8 nitrogen and oxygen atoms in total. The number of carbonyl (C=O) groups excluding carboxylic acids is 1. The lowest BCUT2D eigenvalue weighted by atomic mass is 9.96. The number of nitrogens with one attached hydrogen (secondary N) is 2. The molecule has 0 radical (unpaired) electrons. The summed E-state index contributed by atoms with van der Waals surface area (Å²) >= 11 is 11.9. The number of aromatic nitrogens is 2. The molecule has 1 aliphatic rings. The fourth-order valence-electron chi connectivity index (χ4n) is 3.42. The van der Waals surface area contributed by atoms with Crippen LogP contribution in [0.3, 0.4) is 0 Å². The molecular weight excluding hydrogens is 434 g/mol. The third-order valence-electron chi connectivity index (χ3n) is 5.04. The van der Waals surface area contributed by atoms with E-state index in [-0.39, 0.29) is 16.9 Å². The van der Waals surface area contributed by atoms with Crippen LogP contribution in [0.2, 0.25) is 5.02 Å². The average molecular weight is 460 g/mol. The molecule has 164 valence electrons. The van der Waals surface area contributed by atoms with Gasteiger partial charge >= 0.3 is 0 Å². The van der Waals surface area contributed by atoms with Gasteiger partial charge in [0.2, 0.25) is 22.9 Å². The van der Waals surface area contributed by atoms with Gasteiger partial charge in [-0.2, -0.15) is 4.99 Å². The molecule has 1 saturated heterocycles. The molecule has 1 aliphatic heterocycles. The molecule has 2 aromatic rings. The zero-order chi connectivity index (χ0) is 22.5. The van der Waals surface area contributed by atoms with Crippen molar-refractivity contribution in [3.63, 3.8) is 0 Å². The maximum atomic E-state index is 11.5. The van der Waals surface area contributed by atoms with E-state index in [0.717, 1.165) is 17.0 Å². The second-order valence-corrected chi connectivity index (χ2v) is 8.33. The zero-order valence-corrected chi connectivity index (χ0v) is 19.3. The molecule has 0 aliphatic carbocycles. The topological polar surface area (TPSA) is 109 Å². The highest BCUT2D eigenvalue weighted by molar-refractivity contribution is 7.80. The quantitative estimate of drug-likeness (QED) is 0.366. The third-order valence-corrected chi connectivity index (χ3v) is 5.74. The summed E-state index contributed by atoms with van der Waals surface area (Å²) in [5.74, 6) is 0.542. The Bertz CT molecular complexity index is 999. The van der Waals surface area contributed by atoms with Crippen LogP contribution < -0.4 is 16.4 Å². The van der Waals surface area contributed by atoms with Gasteiger partial charge in [-0.15, -0.1) is 0 Å². The average Bonchev–Trinajstić information content (AvgIpc) is 2.70. The molecule has 0 saturated carbocycles. The summed E-state index contributed by atoms with van der Waals surface area (Å²) in [5.41, 5.74) is 8.78. The molecule has 10 heteroatoms. The number of likely N-dealkylation sites (tertiary alicyclic amines) is 1. The normalized spacial score (nSPS) is 15.0. The van der Waals surface area contributed by atoms with E-state index in [1.807, 2.05) is 49.9 Å². The van der Waals surface area contributed by atoms with Crippen molar-refractivity contribution in [3.05, 3.63) is 46.2 Å². The Morgan fingerprint density at radius 3 is 2.45 bits per heavy atom. The lowest BCUT2D eigenvalue weighted by Crippen LogP contribution is -2.45. The summed E-state index contributed by atoms with van der Waals surface area (Å²) in [5, 5.41) is 7.12. The first-order valence-electron chi connectivity index (χ1n) is 10.0. The molecule has 1 aromatic heterocycles. The number of carbonyl (C=O) groups is 1. The predicted octanol–water partition coefficient (Wildman–Crippen LogP) is 3.42. The number of nitrogens with zero attached hydrogens (tertiary/aromatic N) is 4. The number of aryl methyl sites for hydroxylation is 3. The first-order valence-corrected chi connectivity index (χ1v) is 10.8. The Morgan fingerprint density at radius 2 is 1.84 bits per heavy atom. The summed E-state index contributed by atoms with van der Waals surface area (Å²) in [6, 6.07) is 7.56. The molecule has 1 fully saturated rings. The van der Waals surface area contributed by atoms with Crippen LogP contribution in [0.1, 0.15) is 29.8 Å². The van der Waals surface area contributed by atoms with Crippen LogP contribution >= 0.6 is 23.8 Å². The number of nitrogens with two attached hydrogens (primary N) is 1. The van der Waals surface area contributed by atoms with Crippen molar-refractivity contribution in [1.29, 1.82) is 0 Å². The number of thiocarbonyl (C=S) groups is 1. The van der Waals surface area contributed by atoms with E-state index < -0.39 is 0 Å². The highest BCUT2D eigenvalue weighted by Crippen LogP contribution is 2.25. The van der Waals surface area contributed by atoms with Crippen molar-refractivity contribution < 1.29 is 4.79 Å². The number of piperidine rings is 1. The highest BCUT2D eigenvalue weighted by Gasteiger charge is 2.26. The zero-order valence-electron chi connectivity index (χ0n) is 17.8. The Balaban J connectivity index is 1.84. The van der Waals surface area contributed by atoms with Crippen molar-refractivity contribution in [2.45, 2.75) is 33.6 Å². The van der Waals surface area contributed by atoms with E-state index in [1.165, 1.54) is 0 Å². The largest absolute Gasteiger partial charge is 0.369 e. The van der Waals surface area contributed by atoms with Gasteiger partial charge in [0.15, 0.2) is 0 Å². The summed E-state index contributed by atoms with van der Waals surface area (Å²) < 4.78 is 0. The van der Waals surface area contributed by atoms with Crippen molar-refractivity contribution in [2.24, 2.45) is 16.6 Å². The van der Waals surface area contributed by atoms with Gasteiger partial charge < -0.3 is 16.0 Å². The molecule has 1 amide bonds. The monoisotopic (exact) mass is 459 g/mol. The van der Waals surface area contributed by atoms with E-state index in [2.05, 4.69) is 25.6 Å². The van der Waals surface area contributed by atoms with Gasteiger partial charge in [0.1, 0.15) is 0 Å². The number of halogens is 1. The molecule has 0 bridgehead atoms. The predicted molar refractivity (Wildman–Crippen MR) is 128 cm³/mol. The number of primary amides is 1. The van der Waals surface area contributed by atoms with Gasteiger partial charge in [0, 0.05) is 30.4 Å². The molecule has 0 spiro atoms. The Labute approximate surface area is 192 Å². The molecule has 3 rings (SSSR count). The lowest BCUT2D eigenvalue weighted by molar-refractivity contribution is -0.122. The number of rotatable bonds is 3. The molecule has 1 aromatic carbocycles. The minimum atomic E-state index is -0.269. The fourth-order valence-corrected chi connectivity index (χ4v) is 3.79. The summed E-state index contributed by atoms with van der Waals surface area (Å²) in [7, 11) is 0. The number of benzene rings is 1. The number of aliphatic imine (C=N–C) groups is 1. The first kappa shape index (κ1) is 22.9. The summed E-state index contributed by atoms with van der Waals surface area (Å²) in [4.78, 5) is 27.0. The van der Waals surface area contributed by atoms with Crippen LogP contribution in [0, 0.1) is 26.7 Å². The maximum Gasteiger partial charge on any atom is 0.229 e. The van der Waals surface area contributed by atoms with E-state index in [4.69, 9.17) is 29.6 Å². The van der Waals surface area contributed by atoms with Gasteiger partial charge in [0.05, 0.1) is 10.7 Å². The van der Waals surface area contributed by atoms with Crippen LogP contribution in [0.5, 0.6) is 0 Å². The number of anilines is 2. The standard InChI is InChI=1S/C21H26ClN7OS/c1-12-5-4-6-16(17(12)22)26-21(31)28-20(27-19-24-13(2)11-14(3)25-19)29-9-7-15(8-10-29)18(23)30/h4-6,11,15H,7-10H2,1-3H3,(H2,23,30)(H2,24,25,26,27,28,31). The second kappa shape index (κ2) is 10.0.